The van der Waals surface area contributed by atoms with Crippen LogP contribution in [-0.4, -0.2) is 17.6 Å². The molecule has 78 valence electrons. The van der Waals surface area contributed by atoms with Gasteiger partial charge in [-0.25, -0.2) is 4.98 Å². The molecule has 1 heterocycles. The largest absolute Gasteiger partial charge is 0.465 e. The van der Waals surface area contributed by atoms with Gasteiger partial charge in [0.2, 0.25) is 0 Å². The summed E-state index contributed by atoms with van der Waals surface area (Å²) in [6.45, 7) is 6.09. The van der Waals surface area contributed by atoms with Crippen molar-refractivity contribution in [1.29, 1.82) is 0 Å². The molecule has 0 aliphatic heterocycles. The Morgan fingerprint density at radius 2 is 2.36 bits per heavy atom. The third kappa shape index (κ3) is 3.10. The van der Waals surface area contributed by atoms with Gasteiger partial charge < -0.3 is 4.74 Å². The van der Waals surface area contributed by atoms with Gasteiger partial charge in [-0.1, -0.05) is 13.8 Å². The minimum Gasteiger partial charge on any atom is -0.465 e. The van der Waals surface area contributed by atoms with Crippen molar-refractivity contribution in [3.63, 3.8) is 0 Å². The molecule has 1 aromatic heterocycles. The molecule has 0 aliphatic rings. The summed E-state index contributed by atoms with van der Waals surface area (Å²) >= 11 is 1.61. The second kappa shape index (κ2) is 5.10. The molecular weight excluding hydrogens is 198 g/mol. The molecule has 0 amide bonds. The Labute approximate surface area is 88.1 Å². The Balaban J connectivity index is 2.29. The number of thiazole rings is 1. The molecule has 0 saturated carbocycles. The summed E-state index contributed by atoms with van der Waals surface area (Å²) in [5.41, 5.74) is 2.85. The molecule has 0 saturated heterocycles. The summed E-state index contributed by atoms with van der Waals surface area (Å²) in [6.07, 6.45) is 0.773. The number of hydrogen-bond acceptors (Lipinski definition) is 4. The molecule has 0 atom stereocenters. The van der Waals surface area contributed by atoms with Crippen molar-refractivity contribution in [3.8, 4) is 0 Å². The van der Waals surface area contributed by atoms with Gasteiger partial charge in [-0.05, 0) is 6.92 Å². The molecule has 0 unspecified atom stereocenters. The molecule has 0 radical (unpaired) electrons. The zero-order chi connectivity index (χ0) is 10.6. The van der Waals surface area contributed by atoms with Gasteiger partial charge >= 0.3 is 5.97 Å². The molecule has 0 fully saturated rings. The zero-order valence-electron chi connectivity index (χ0n) is 8.74. The monoisotopic (exact) mass is 213 g/mol. The van der Waals surface area contributed by atoms with Crippen LogP contribution < -0.4 is 0 Å². The van der Waals surface area contributed by atoms with Crippen molar-refractivity contribution in [1.82, 2.24) is 4.98 Å². The highest BCUT2D eigenvalue weighted by molar-refractivity contribution is 7.09. The molecule has 0 N–H and O–H groups in total. The first-order valence-electron chi connectivity index (χ1n) is 4.67. The summed E-state index contributed by atoms with van der Waals surface area (Å²) in [6, 6.07) is 0. The lowest BCUT2D eigenvalue weighted by Crippen LogP contribution is -2.13. The van der Waals surface area contributed by atoms with Crippen LogP contribution in [0.4, 0.5) is 0 Å². The lowest BCUT2D eigenvalue weighted by atomic mass is 10.2. The molecule has 1 aromatic rings. The molecule has 0 spiro atoms. The highest BCUT2D eigenvalue weighted by Crippen LogP contribution is 2.12. The average molecular weight is 213 g/mol. The summed E-state index contributed by atoms with van der Waals surface area (Å²) in [7, 11) is 0. The van der Waals surface area contributed by atoms with E-state index in [2.05, 4.69) is 4.98 Å². The fourth-order valence-corrected chi connectivity index (χ4v) is 1.74. The summed E-state index contributed by atoms with van der Waals surface area (Å²) in [4.78, 5) is 16.4. The first-order chi connectivity index (χ1) is 6.61. The van der Waals surface area contributed by atoms with Gasteiger partial charge in [-0.15, -0.1) is 11.3 Å². The number of aryl methyl sites for hydroxylation is 1. The summed E-state index contributed by atoms with van der Waals surface area (Å²) in [5.74, 6) is -0.176. The normalized spacial score (nSPS) is 10.6. The molecule has 3 nitrogen and oxygen atoms in total. The SMILES string of the molecule is Cc1ncsc1CCOC(=O)C(C)C. The average Bonchev–Trinajstić information content (AvgIpc) is 2.51. The highest BCUT2D eigenvalue weighted by atomic mass is 32.1. The number of aromatic nitrogens is 1. The molecule has 14 heavy (non-hydrogen) atoms. The predicted octanol–water partition coefficient (Wildman–Crippen LogP) is 2.19. The Hall–Kier alpha value is -0.900. The maximum atomic E-state index is 11.1. The van der Waals surface area contributed by atoms with Crippen molar-refractivity contribution in [2.75, 3.05) is 6.61 Å². The number of hydrogen-bond donors (Lipinski definition) is 0. The van der Waals surface area contributed by atoms with Gasteiger partial charge in [0.05, 0.1) is 23.7 Å². The second-order valence-electron chi connectivity index (χ2n) is 3.43. The van der Waals surface area contributed by atoms with E-state index in [0.29, 0.717) is 6.61 Å². The van der Waals surface area contributed by atoms with E-state index < -0.39 is 0 Å². The van der Waals surface area contributed by atoms with Crippen LogP contribution in [0.2, 0.25) is 0 Å². The van der Waals surface area contributed by atoms with Crippen LogP contribution in [0.5, 0.6) is 0 Å². The lowest BCUT2D eigenvalue weighted by molar-refractivity contribution is -0.147. The molecule has 0 aromatic carbocycles. The maximum absolute atomic E-state index is 11.1. The summed E-state index contributed by atoms with van der Waals surface area (Å²) in [5, 5.41) is 0. The molecule has 0 aliphatic carbocycles. The zero-order valence-corrected chi connectivity index (χ0v) is 9.56. The second-order valence-corrected chi connectivity index (χ2v) is 4.37. The molecular formula is C10H15NO2S. The smallest absolute Gasteiger partial charge is 0.308 e. The third-order valence-corrected chi connectivity index (χ3v) is 2.88. The number of nitrogens with zero attached hydrogens (tertiary/aromatic N) is 1. The van der Waals surface area contributed by atoms with Gasteiger partial charge in [0.25, 0.3) is 0 Å². The van der Waals surface area contributed by atoms with E-state index in [-0.39, 0.29) is 11.9 Å². The third-order valence-electron chi connectivity index (χ3n) is 1.89. The number of esters is 1. The predicted molar refractivity (Wildman–Crippen MR) is 56.4 cm³/mol. The van der Waals surface area contributed by atoms with Gasteiger partial charge in [0.15, 0.2) is 0 Å². The standard InChI is InChI=1S/C10H15NO2S/c1-7(2)10(12)13-5-4-9-8(3)11-6-14-9/h6-7H,4-5H2,1-3H3. The van der Waals surface area contributed by atoms with Crippen LogP contribution in [0.1, 0.15) is 24.4 Å². The van der Waals surface area contributed by atoms with Crippen LogP contribution >= 0.6 is 11.3 Å². The molecule has 1 rings (SSSR count). The van der Waals surface area contributed by atoms with Gasteiger partial charge in [-0.3, -0.25) is 4.79 Å². The van der Waals surface area contributed by atoms with Gasteiger partial charge in [-0.2, -0.15) is 0 Å². The number of carbonyl (C=O) groups is 1. The van der Waals surface area contributed by atoms with E-state index in [1.165, 1.54) is 4.88 Å². The topological polar surface area (TPSA) is 39.2 Å². The quantitative estimate of drug-likeness (QED) is 0.720. The fraction of sp³-hybridized carbons (Fsp3) is 0.600. The summed E-state index contributed by atoms with van der Waals surface area (Å²) < 4.78 is 5.07. The minimum atomic E-state index is -0.132. The van der Waals surface area contributed by atoms with Crippen LogP contribution in [0.25, 0.3) is 0 Å². The first-order valence-corrected chi connectivity index (χ1v) is 5.55. The van der Waals surface area contributed by atoms with E-state index in [1.807, 2.05) is 26.3 Å². The van der Waals surface area contributed by atoms with Crippen molar-refractivity contribution >= 4 is 17.3 Å². The van der Waals surface area contributed by atoms with Crippen molar-refractivity contribution in [2.24, 2.45) is 5.92 Å². The van der Waals surface area contributed by atoms with Crippen molar-refractivity contribution < 1.29 is 9.53 Å². The Morgan fingerprint density at radius 1 is 1.64 bits per heavy atom. The number of ether oxygens (including phenoxy) is 1. The minimum absolute atomic E-state index is 0.0439. The Morgan fingerprint density at radius 3 is 2.86 bits per heavy atom. The number of rotatable bonds is 4. The van der Waals surface area contributed by atoms with E-state index in [1.54, 1.807) is 11.3 Å². The van der Waals surface area contributed by atoms with Gasteiger partial charge in [0.1, 0.15) is 0 Å². The van der Waals surface area contributed by atoms with Gasteiger partial charge in [0, 0.05) is 11.3 Å². The van der Waals surface area contributed by atoms with E-state index >= 15 is 0 Å². The first kappa shape index (κ1) is 11.2. The van der Waals surface area contributed by atoms with Crippen molar-refractivity contribution in [3.05, 3.63) is 16.1 Å². The molecule has 0 bridgehead atoms. The maximum Gasteiger partial charge on any atom is 0.308 e. The highest BCUT2D eigenvalue weighted by Gasteiger charge is 2.08. The van der Waals surface area contributed by atoms with E-state index in [0.717, 1.165) is 12.1 Å². The van der Waals surface area contributed by atoms with E-state index in [4.69, 9.17) is 4.74 Å². The van der Waals surface area contributed by atoms with Crippen molar-refractivity contribution in [2.45, 2.75) is 27.2 Å². The van der Waals surface area contributed by atoms with Crippen LogP contribution in [0.15, 0.2) is 5.51 Å². The van der Waals surface area contributed by atoms with Crippen LogP contribution in [0.3, 0.4) is 0 Å². The Kier molecular flexibility index (Phi) is 4.07. The van der Waals surface area contributed by atoms with Crippen LogP contribution in [-0.2, 0) is 16.0 Å². The molecule has 4 heteroatoms. The number of carbonyl (C=O) groups excluding carboxylic acids is 1. The van der Waals surface area contributed by atoms with Crippen LogP contribution in [0, 0.1) is 12.8 Å². The lowest BCUT2D eigenvalue weighted by Gasteiger charge is -2.05. The fourth-order valence-electron chi connectivity index (χ4n) is 0.977. The van der Waals surface area contributed by atoms with E-state index in [9.17, 15) is 4.79 Å². The Bertz CT molecular complexity index is 307.